The van der Waals surface area contributed by atoms with E-state index in [0.29, 0.717) is 5.02 Å². The van der Waals surface area contributed by atoms with Crippen molar-refractivity contribution in [3.8, 4) is 5.75 Å². The molecule has 0 radical (unpaired) electrons. The summed E-state index contributed by atoms with van der Waals surface area (Å²) in [4.78, 5) is 21.7. The molecule has 0 spiro atoms. The summed E-state index contributed by atoms with van der Waals surface area (Å²) >= 11 is 6.86. The first-order valence-corrected chi connectivity index (χ1v) is 8.54. The molecule has 0 bridgehead atoms. The van der Waals surface area contributed by atoms with Crippen LogP contribution in [0.1, 0.15) is 10.4 Å². The minimum Gasteiger partial charge on any atom is -0.408 e. The molecule has 3 N–H and O–H groups in total. The number of halogens is 3. The Kier molecular flexibility index (Phi) is 5.62. The summed E-state index contributed by atoms with van der Waals surface area (Å²) in [6.45, 7) is 0.00927. The molecule has 0 saturated carbocycles. The van der Waals surface area contributed by atoms with Crippen LogP contribution in [0.3, 0.4) is 0 Å². The van der Waals surface area contributed by atoms with E-state index < -0.39 is 17.5 Å². The molecule has 1 heterocycles. The fraction of sp³-hybridized carbons (Fsp3) is 0.125. The van der Waals surface area contributed by atoms with Gasteiger partial charge in [0.2, 0.25) is 0 Å². The van der Waals surface area contributed by atoms with Gasteiger partial charge in [0, 0.05) is 11.1 Å². The predicted octanol–water partition coefficient (Wildman–Crippen LogP) is 3.36. The van der Waals surface area contributed by atoms with Gasteiger partial charge < -0.3 is 9.94 Å². The molecule has 0 aliphatic carbocycles. The van der Waals surface area contributed by atoms with Crippen molar-refractivity contribution in [1.82, 2.24) is 10.5 Å². The number of anilines is 1. The molecule has 2 aromatic carbocycles. The van der Waals surface area contributed by atoms with Gasteiger partial charge in [0.1, 0.15) is 11.3 Å². The standard InChI is InChI=1S/C16H12ClF2N3O3S/c17-8-1-2-12(25-20-3-4-23)10(5-8)15(24)22-16-21-14-11(19)6-9(18)7-13(14)26-16/h1-2,5-7,20,23H,3-4H2,(H,21,22,24). The summed E-state index contributed by atoms with van der Waals surface area (Å²) in [5, 5.41) is 11.7. The topological polar surface area (TPSA) is 83.5 Å². The zero-order chi connectivity index (χ0) is 18.7. The zero-order valence-corrected chi connectivity index (χ0v) is 14.6. The third-order valence-corrected chi connectivity index (χ3v) is 4.37. The third-order valence-electron chi connectivity index (χ3n) is 3.22. The molecule has 0 unspecified atom stereocenters. The quantitative estimate of drug-likeness (QED) is 0.437. The Morgan fingerprint density at radius 1 is 1.31 bits per heavy atom. The number of amides is 1. The van der Waals surface area contributed by atoms with Crippen LogP contribution >= 0.6 is 22.9 Å². The number of carbonyl (C=O) groups is 1. The molecule has 10 heteroatoms. The Morgan fingerprint density at radius 3 is 2.88 bits per heavy atom. The lowest BCUT2D eigenvalue weighted by molar-refractivity contribution is 0.101. The Morgan fingerprint density at radius 2 is 2.12 bits per heavy atom. The molecule has 26 heavy (non-hydrogen) atoms. The van der Waals surface area contributed by atoms with Gasteiger partial charge in [0.15, 0.2) is 16.7 Å². The third kappa shape index (κ3) is 4.07. The fourth-order valence-corrected chi connectivity index (χ4v) is 3.19. The maximum Gasteiger partial charge on any atom is 0.261 e. The summed E-state index contributed by atoms with van der Waals surface area (Å²) < 4.78 is 27.3. The number of aliphatic hydroxyl groups is 1. The van der Waals surface area contributed by atoms with Crippen molar-refractivity contribution in [1.29, 1.82) is 0 Å². The van der Waals surface area contributed by atoms with Crippen LogP contribution in [0.15, 0.2) is 30.3 Å². The molecule has 1 amide bonds. The van der Waals surface area contributed by atoms with E-state index in [9.17, 15) is 13.6 Å². The number of hydroxylamine groups is 1. The number of hydrogen-bond acceptors (Lipinski definition) is 6. The second-order valence-electron chi connectivity index (χ2n) is 5.07. The van der Waals surface area contributed by atoms with Crippen molar-refractivity contribution in [2.45, 2.75) is 0 Å². The van der Waals surface area contributed by atoms with Gasteiger partial charge in [-0.1, -0.05) is 22.9 Å². The Labute approximate surface area is 155 Å². The van der Waals surface area contributed by atoms with Gasteiger partial charge >= 0.3 is 0 Å². The maximum atomic E-state index is 13.7. The van der Waals surface area contributed by atoms with Crippen molar-refractivity contribution in [3.63, 3.8) is 0 Å². The number of thiazole rings is 1. The van der Waals surface area contributed by atoms with E-state index in [0.717, 1.165) is 23.5 Å². The molecule has 6 nitrogen and oxygen atoms in total. The summed E-state index contributed by atoms with van der Waals surface area (Å²) in [7, 11) is 0. The monoisotopic (exact) mass is 399 g/mol. The first-order chi connectivity index (χ1) is 12.5. The van der Waals surface area contributed by atoms with E-state index in [2.05, 4.69) is 15.8 Å². The summed E-state index contributed by atoms with van der Waals surface area (Å²) in [6, 6.07) is 6.27. The second kappa shape index (κ2) is 7.92. The van der Waals surface area contributed by atoms with E-state index in [1.807, 2.05) is 0 Å². The molecule has 136 valence electrons. The lowest BCUT2D eigenvalue weighted by Gasteiger charge is -2.11. The normalized spacial score (nSPS) is 10.9. The molecular formula is C16H12ClF2N3O3S. The number of aromatic nitrogens is 1. The van der Waals surface area contributed by atoms with Gasteiger partial charge in [0.05, 0.1) is 23.4 Å². The first kappa shape index (κ1) is 18.5. The Hall–Kier alpha value is -2.33. The lowest BCUT2D eigenvalue weighted by Crippen LogP contribution is -2.24. The van der Waals surface area contributed by atoms with Crippen LogP contribution in [0.2, 0.25) is 5.02 Å². The summed E-state index contributed by atoms with van der Waals surface area (Å²) in [5.74, 6) is -1.94. The number of aliphatic hydroxyl groups excluding tert-OH is 1. The highest BCUT2D eigenvalue weighted by Gasteiger charge is 2.17. The molecule has 0 aliphatic rings. The molecule has 1 aromatic heterocycles. The van der Waals surface area contributed by atoms with Crippen molar-refractivity contribution in [3.05, 3.63) is 52.6 Å². The van der Waals surface area contributed by atoms with Crippen LogP contribution < -0.4 is 15.6 Å². The Balaban J connectivity index is 1.86. The first-order valence-electron chi connectivity index (χ1n) is 7.35. The maximum absolute atomic E-state index is 13.7. The highest BCUT2D eigenvalue weighted by atomic mass is 35.5. The average Bonchev–Trinajstić information content (AvgIpc) is 2.99. The van der Waals surface area contributed by atoms with E-state index in [-0.39, 0.29) is 39.8 Å². The number of fused-ring (bicyclic) bond motifs is 1. The Bertz CT molecular complexity index is 967. The number of benzene rings is 2. The van der Waals surface area contributed by atoms with E-state index in [1.54, 1.807) is 0 Å². The highest BCUT2D eigenvalue weighted by molar-refractivity contribution is 7.22. The van der Waals surface area contributed by atoms with E-state index in [1.165, 1.54) is 18.2 Å². The van der Waals surface area contributed by atoms with Gasteiger partial charge in [0.25, 0.3) is 5.91 Å². The molecule has 0 fully saturated rings. The predicted molar refractivity (Wildman–Crippen MR) is 94.7 cm³/mol. The largest absolute Gasteiger partial charge is 0.408 e. The van der Waals surface area contributed by atoms with Crippen molar-refractivity contribution < 1.29 is 23.5 Å². The smallest absolute Gasteiger partial charge is 0.261 e. The van der Waals surface area contributed by atoms with Crippen LogP contribution in [0, 0.1) is 11.6 Å². The number of rotatable bonds is 6. The minimum absolute atomic E-state index is 0.0288. The van der Waals surface area contributed by atoms with E-state index in [4.69, 9.17) is 21.5 Å². The molecule has 0 atom stereocenters. The van der Waals surface area contributed by atoms with Crippen LogP contribution in [0.25, 0.3) is 10.2 Å². The van der Waals surface area contributed by atoms with Crippen LogP contribution in [0.4, 0.5) is 13.9 Å². The molecular weight excluding hydrogens is 388 g/mol. The molecule has 3 aromatic rings. The van der Waals surface area contributed by atoms with Gasteiger partial charge in [-0.05, 0) is 24.3 Å². The van der Waals surface area contributed by atoms with Crippen LogP contribution in [0.5, 0.6) is 5.75 Å². The van der Waals surface area contributed by atoms with Gasteiger partial charge in [-0.3, -0.25) is 10.1 Å². The molecule has 0 aliphatic heterocycles. The number of nitrogens with zero attached hydrogens (tertiary/aromatic N) is 1. The van der Waals surface area contributed by atoms with Crippen molar-refractivity contribution >= 4 is 44.2 Å². The number of hydrogen-bond donors (Lipinski definition) is 3. The van der Waals surface area contributed by atoms with Crippen molar-refractivity contribution in [2.24, 2.45) is 0 Å². The number of nitrogens with one attached hydrogen (secondary N) is 2. The van der Waals surface area contributed by atoms with Gasteiger partial charge in [-0.25, -0.2) is 13.8 Å². The van der Waals surface area contributed by atoms with Crippen molar-refractivity contribution in [2.75, 3.05) is 18.5 Å². The lowest BCUT2D eigenvalue weighted by atomic mass is 10.2. The van der Waals surface area contributed by atoms with Gasteiger partial charge in [-0.2, -0.15) is 5.48 Å². The van der Waals surface area contributed by atoms with Gasteiger partial charge in [-0.15, -0.1) is 0 Å². The fourth-order valence-electron chi connectivity index (χ4n) is 2.12. The highest BCUT2D eigenvalue weighted by Crippen LogP contribution is 2.30. The molecule has 3 rings (SSSR count). The summed E-state index contributed by atoms with van der Waals surface area (Å²) in [6.07, 6.45) is 0. The molecule has 0 saturated heterocycles. The van der Waals surface area contributed by atoms with E-state index >= 15 is 0 Å². The zero-order valence-electron chi connectivity index (χ0n) is 13.1. The van der Waals surface area contributed by atoms with Crippen LogP contribution in [-0.2, 0) is 0 Å². The summed E-state index contributed by atoms with van der Waals surface area (Å²) in [5.41, 5.74) is 2.56. The SMILES string of the molecule is O=C(Nc1nc2c(F)cc(F)cc2s1)c1cc(Cl)ccc1ONCCO. The van der Waals surface area contributed by atoms with Crippen LogP contribution in [-0.4, -0.2) is 29.1 Å². The second-order valence-corrected chi connectivity index (χ2v) is 6.54. The average molecular weight is 400 g/mol. The number of carbonyl (C=O) groups excluding carboxylic acids is 1. The minimum atomic E-state index is -0.809.